The number of amides is 1. The molecule has 28 heavy (non-hydrogen) atoms. The van der Waals surface area contributed by atoms with Gasteiger partial charge in [-0.05, 0) is 107 Å². The number of carbonyl (C=O) groups is 1. The lowest BCUT2D eigenvalue weighted by atomic mass is 9.47. The van der Waals surface area contributed by atoms with Gasteiger partial charge >= 0.3 is 0 Å². The molecule has 8 unspecified atom stereocenters. The number of allylic oxidation sites excluding steroid dienone is 1. The summed E-state index contributed by atoms with van der Waals surface area (Å²) in [5.74, 6) is 3.62. The zero-order chi connectivity index (χ0) is 20.3. The van der Waals surface area contributed by atoms with Crippen LogP contribution in [0.15, 0.2) is 11.6 Å². The van der Waals surface area contributed by atoms with Crippen molar-refractivity contribution in [1.29, 1.82) is 0 Å². The van der Waals surface area contributed by atoms with Gasteiger partial charge in [0.2, 0.25) is 5.91 Å². The molecule has 0 aromatic rings. The van der Waals surface area contributed by atoms with Crippen molar-refractivity contribution in [1.82, 2.24) is 10.2 Å². The molecule has 3 heteroatoms. The highest BCUT2D eigenvalue weighted by molar-refractivity contribution is 5.73. The van der Waals surface area contributed by atoms with Crippen molar-refractivity contribution >= 4 is 5.91 Å². The molecular formula is C25H42N2O. The van der Waals surface area contributed by atoms with Gasteiger partial charge in [-0.1, -0.05) is 25.5 Å². The highest BCUT2D eigenvalue weighted by Crippen LogP contribution is 2.66. The van der Waals surface area contributed by atoms with Crippen molar-refractivity contribution < 1.29 is 4.79 Å². The summed E-state index contributed by atoms with van der Waals surface area (Å²) in [5.41, 5.74) is 2.57. The van der Waals surface area contributed by atoms with Gasteiger partial charge in [-0.2, -0.15) is 0 Å². The molecule has 1 amide bonds. The molecule has 4 aliphatic rings. The first-order chi connectivity index (χ1) is 13.2. The van der Waals surface area contributed by atoms with Gasteiger partial charge in [0.25, 0.3) is 0 Å². The second kappa shape index (κ2) is 7.15. The minimum atomic E-state index is 0.128. The average Bonchev–Trinajstić information content (AvgIpc) is 2.98. The number of hydrogen-bond acceptors (Lipinski definition) is 2. The van der Waals surface area contributed by atoms with Crippen LogP contribution in [0, 0.1) is 34.5 Å². The summed E-state index contributed by atoms with van der Waals surface area (Å²) in [5, 5.41) is 3.19. The van der Waals surface area contributed by atoms with E-state index < -0.39 is 0 Å². The van der Waals surface area contributed by atoms with Gasteiger partial charge in [-0.3, -0.25) is 4.79 Å². The maximum absolute atomic E-state index is 11.5. The van der Waals surface area contributed by atoms with Gasteiger partial charge in [-0.25, -0.2) is 0 Å². The molecule has 0 bridgehead atoms. The van der Waals surface area contributed by atoms with E-state index >= 15 is 0 Å². The summed E-state index contributed by atoms with van der Waals surface area (Å²) >= 11 is 0. The van der Waals surface area contributed by atoms with Crippen LogP contribution in [0.2, 0.25) is 0 Å². The first-order valence-electron chi connectivity index (χ1n) is 11.8. The standard InChI is InChI=1S/C25H42N2O/c1-16(27(5)6)21-9-10-22-20-8-7-18-15-19(26-17(2)28)11-13-24(18,3)23(20)12-14-25(21,22)4/h7,16,19-23H,8-15H2,1-6H3,(H,26,28). The molecule has 0 aromatic carbocycles. The second-order valence-electron chi connectivity index (χ2n) is 11.3. The van der Waals surface area contributed by atoms with E-state index in [4.69, 9.17) is 0 Å². The van der Waals surface area contributed by atoms with Gasteiger partial charge < -0.3 is 10.2 Å². The number of carbonyl (C=O) groups excluding carboxylic acids is 1. The van der Waals surface area contributed by atoms with Crippen molar-refractivity contribution in [2.24, 2.45) is 34.5 Å². The fourth-order valence-corrected chi connectivity index (χ4v) is 8.26. The van der Waals surface area contributed by atoms with Crippen molar-refractivity contribution in [2.45, 2.75) is 91.1 Å². The quantitative estimate of drug-likeness (QED) is 0.691. The molecule has 0 aliphatic heterocycles. The maximum atomic E-state index is 11.5. The van der Waals surface area contributed by atoms with E-state index in [1.54, 1.807) is 12.5 Å². The third kappa shape index (κ3) is 3.07. The molecule has 0 saturated heterocycles. The lowest BCUT2D eigenvalue weighted by Gasteiger charge is -2.58. The zero-order valence-corrected chi connectivity index (χ0v) is 19.1. The van der Waals surface area contributed by atoms with Crippen LogP contribution in [-0.4, -0.2) is 37.0 Å². The molecule has 3 fully saturated rings. The monoisotopic (exact) mass is 386 g/mol. The number of nitrogens with one attached hydrogen (secondary N) is 1. The molecule has 4 aliphatic carbocycles. The molecule has 8 atom stereocenters. The van der Waals surface area contributed by atoms with Crippen LogP contribution in [0.25, 0.3) is 0 Å². The largest absolute Gasteiger partial charge is 0.353 e. The Morgan fingerprint density at radius 3 is 2.57 bits per heavy atom. The first kappa shape index (κ1) is 20.4. The Balaban J connectivity index is 1.56. The Morgan fingerprint density at radius 2 is 1.89 bits per heavy atom. The van der Waals surface area contributed by atoms with Crippen molar-refractivity contribution in [2.75, 3.05) is 14.1 Å². The van der Waals surface area contributed by atoms with Crippen molar-refractivity contribution in [3.63, 3.8) is 0 Å². The van der Waals surface area contributed by atoms with Crippen molar-refractivity contribution in [3.05, 3.63) is 11.6 Å². The van der Waals surface area contributed by atoms with Crippen LogP contribution >= 0.6 is 0 Å². The molecule has 3 saturated carbocycles. The van der Waals surface area contributed by atoms with Gasteiger partial charge in [0.15, 0.2) is 0 Å². The molecule has 0 spiro atoms. The average molecular weight is 387 g/mol. The fourth-order valence-electron chi connectivity index (χ4n) is 8.26. The predicted octanol–water partition coefficient (Wildman–Crippen LogP) is 5.02. The van der Waals surface area contributed by atoms with E-state index in [1.807, 2.05) is 0 Å². The predicted molar refractivity (Wildman–Crippen MR) is 116 cm³/mol. The summed E-state index contributed by atoms with van der Waals surface area (Å²) in [7, 11) is 4.52. The van der Waals surface area contributed by atoms with Gasteiger partial charge in [-0.15, -0.1) is 0 Å². The number of rotatable bonds is 3. The Labute approximate surface area is 172 Å². The van der Waals surface area contributed by atoms with Crippen LogP contribution in [-0.2, 0) is 4.79 Å². The smallest absolute Gasteiger partial charge is 0.217 e. The van der Waals surface area contributed by atoms with E-state index in [-0.39, 0.29) is 5.91 Å². The summed E-state index contributed by atoms with van der Waals surface area (Å²) < 4.78 is 0. The molecule has 0 aromatic heterocycles. The van der Waals surface area contributed by atoms with Crippen LogP contribution in [0.1, 0.15) is 79.1 Å². The molecule has 0 heterocycles. The number of fused-ring (bicyclic) bond motifs is 5. The summed E-state index contributed by atoms with van der Waals surface area (Å²) in [6, 6.07) is 1.05. The zero-order valence-electron chi connectivity index (χ0n) is 19.1. The molecule has 158 valence electrons. The lowest BCUT2D eigenvalue weighted by molar-refractivity contribution is -0.120. The molecule has 4 rings (SSSR count). The van der Waals surface area contributed by atoms with E-state index in [0.717, 1.165) is 36.5 Å². The van der Waals surface area contributed by atoms with Crippen LogP contribution in [0.5, 0.6) is 0 Å². The third-order valence-electron chi connectivity index (χ3n) is 9.98. The first-order valence-corrected chi connectivity index (χ1v) is 11.8. The number of nitrogens with zero attached hydrogens (tertiary/aromatic N) is 1. The number of hydrogen-bond donors (Lipinski definition) is 1. The van der Waals surface area contributed by atoms with Gasteiger partial charge in [0.1, 0.15) is 0 Å². The van der Waals surface area contributed by atoms with Crippen LogP contribution in [0.3, 0.4) is 0 Å². The Kier molecular flexibility index (Phi) is 5.22. The molecule has 1 N–H and O–H groups in total. The Morgan fingerprint density at radius 1 is 1.14 bits per heavy atom. The third-order valence-corrected chi connectivity index (χ3v) is 9.98. The van der Waals surface area contributed by atoms with Gasteiger partial charge in [0.05, 0.1) is 0 Å². The topological polar surface area (TPSA) is 32.3 Å². The van der Waals surface area contributed by atoms with E-state index in [9.17, 15) is 4.79 Å². The highest BCUT2D eigenvalue weighted by Gasteiger charge is 2.59. The van der Waals surface area contributed by atoms with E-state index in [2.05, 4.69) is 51.2 Å². The van der Waals surface area contributed by atoms with Crippen molar-refractivity contribution in [3.8, 4) is 0 Å². The van der Waals surface area contributed by atoms with Crippen LogP contribution in [0.4, 0.5) is 0 Å². The van der Waals surface area contributed by atoms with Gasteiger partial charge in [0, 0.05) is 19.0 Å². The van der Waals surface area contributed by atoms with E-state index in [0.29, 0.717) is 22.9 Å². The molecule has 0 radical (unpaired) electrons. The van der Waals surface area contributed by atoms with E-state index in [1.165, 1.54) is 38.5 Å². The SMILES string of the molecule is CC(=O)NC1CCC2(C)C(=CCC3C2CCC2(C)C3CCC2C(C)N(C)C)C1. The summed E-state index contributed by atoms with van der Waals surface area (Å²) in [6.07, 6.45) is 13.1. The summed E-state index contributed by atoms with van der Waals surface area (Å²) in [4.78, 5) is 14.0. The minimum absolute atomic E-state index is 0.128. The lowest BCUT2D eigenvalue weighted by Crippen LogP contribution is -2.53. The molecule has 3 nitrogen and oxygen atoms in total. The minimum Gasteiger partial charge on any atom is -0.353 e. The second-order valence-corrected chi connectivity index (χ2v) is 11.3. The summed E-state index contributed by atoms with van der Waals surface area (Å²) in [6.45, 7) is 9.32. The normalized spacial score (nSPS) is 46.2. The highest BCUT2D eigenvalue weighted by atomic mass is 16.1. The van der Waals surface area contributed by atoms with Crippen LogP contribution < -0.4 is 5.32 Å². The maximum Gasteiger partial charge on any atom is 0.217 e. The fraction of sp³-hybridized carbons (Fsp3) is 0.880. The Hall–Kier alpha value is -0.830. The Bertz CT molecular complexity index is 655. The molecular weight excluding hydrogens is 344 g/mol.